The number of hydrogen-bond donors (Lipinski definition) is 1. The SMILES string of the molecule is COc1ccc(-c2sc3c(c2C(=O)O)CC(C)(C)CC3)c(C(F)(F)F)c1. The van der Waals surface area contributed by atoms with Gasteiger partial charge in [0, 0.05) is 15.3 Å². The lowest BCUT2D eigenvalue weighted by atomic mass is 9.76. The van der Waals surface area contributed by atoms with Crippen molar-refractivity contribution >= 4 is 17.3 Å². The van der Waals surface area contributed by atoms with Gasteiger partial charge in [0.05, 0.1) is 18.2 Å². The largest absolute Gasteiger partial charge is 0.497 e. The van der Waals surface area contributed by atoms with Crippen molar-refractivity contribution in [3.05, 3.63) is 39.8 Å². The molecule has 0 atom stereocenters. The molecule has 26 heavy (non-hydrogen) atoms. The van der Waals surface area contributed by atoms with E-state index in [9.17, 15) is 23.1 Å². The van der Waals surface area contributed by atoms with E-state index in [2.05, 4.69) is 0 Å². The van der Waals surface area contributed by atoms with Crippen LogP contribution in [0.5, 0.6) is 5.75 Å². The molecule has 0 aliphatic heterocycles. The van der Waals surface area contributed by atoms with Crippen molar-refractivity contribution in [2.24, 2.45) is 5.41 Å². The van der Waals surface area contributed by atoms with E-state index < -0.39 is 17.7 Å². The molecule has 1 aliphatic rings. The fourth-order valence-corrected chi connectivity index (χ4v) is 4.77. The van der Waals surface area contributed by atoms with Crippen LogP contribution < -0.4 is 4.74 Å². The Kier molecular flexibility index (Phi) is 4.55. The van der Waals surface area contributed by atoms with Crippen molar-refractivity contribution in [3.63, 3.8) is 0 Å². The first-order valence-corrected chi connectivity index (χ1v) is 8.98. The number of alkyl halides is 3. The third kappa shape index (κ3) is 3.32. The molecule has 1 heterocycles. The summed E-state index contributed by atoms with van der Waals surface area (Å²) in [5, 5.41) is 9.74. The maximum Gasteiger partial charge on any atom is 0.417 e. The molecule has 0 fully saturated rings. The van der Waals surface area contributed by atoms with Gasteiger partial charge < -0.3 is 9.84 Å². The van der Waals surface area contributed by atoms with Crippen LogP contribution in [0.25, 0.3) is 10.4 Å². The minimum absolute atomic E-state index is 0.00782. The molecule has 0 unspecified atom stereocenters. The van der Waals surface area contributed by atoms with Crippen LogP contribution in [0.1, 0.15) is 46.6 Å². The summed E-state index contributed by atoms with van der Waals surface area (Å²) < 4.78 is 45.7. The van der Waals surface area contributed by atoms with Crippen LogP contribution in [-0.4, -0.2) is 18.2 Å². The molecule has 2 aromatic rings. The number of fused-ring (bicyclic) bond motifs is 1. The van der Waals surface area contributed by atoms with E-state index in [1.54, 1.807) is 0 Å². The molecule has 0 saturated heterocycles. The molecular formula is C19H19F3O3S. The summed E-state index contributed by atoms with van der Waals surface area (Å²) in [5.41, 5.74) is -0.362. The molecule has 1 aliphatic carbocycles. The van der Waals surface area contributed by atoms with Gasteiger partial charge in [-0.05, 0) is 48.4 Å². The zero-order valence-corrected chi connectivity index (χ0v) is 15.5. The van der Waals surface area contributed by atoms with Crippen LogP contribution in [0.4, 0.5) is 13.2 Å². The zero-order chi connectivity index (χ0) is 19.3. The molecular weight excluding hydrogens is 365 g/mol. The van der Waals surface area contributed by atoms with Gasteiger partial charge in [-0.15, -0.1) is 11.3 Å². The third-order valence-electron chi connectivity index (χ3n) is 4.77. The lowest BCUT2D eigenvalue weighted by molar-refractivity contribution is -0.137. The summed E-state index contributed by atoms with van der Waals surface area (Å²) in [5.74, 6) is -1.10. The second kappa shape index (κ2) is 6.30. The molecule has 1 N–H and O–H groups in total. The van der Waals surface area contributed by atoms with E-state index in [1.807, 2.05) is 13.8 Å². The molecule has 1 aromatic carbocycles. The molecule has 0 spiro atoms. The van der Waals surface area contributed by atoms with Crippen LogP contribution in [0.15, 0.2) is 18.2 Å². The minimum atomic E-state index is -4.61. The Morgan fingerprint density at radius 1 is 1.31 bits per heavy atom. The highest BCUT2D eigenvalue weighted by Crippen LogP contribution is 2.48. The van der Waals surface area contributed by atoms with Gasteiger partial charge in [0.2, 0.25) is 0 Å². The highest BCUT2D eigenvalue weighted by atomic mass is 32.1. The summed E-state index contributed by atoms with van der Waals surface area (Å²) in [6, 6.07) is 3.65. The first-order chi connectivity index (χ1) is 12.0. The van der Waals surface area contributed by atoms with Crippen molar-refractivity contribution < 1.29 is 27.8 Å². The van der Waals surface area contributed by atoms with E-state index in [-0.39, 0.29) is 27.2 Å². The fourth-order valence-electron chi connectivity index (χ4n) is 3.42. The van der Waals surface area contributed by atoms with E-state index >= 15 is 0 Å². The van der Waals surface area contributed by atoms with E-state index in [0.717, 1.165) is 17.4 Å². The Morgan fingerprint density at radius 3 is 2.58 bits per heavy atom. The van der Waals surface area contributed by atoms with Gasteiger partial charge in [0.15, 0.2) is 0 Å². The molecule has 0 bridgehead atoms. The summed E-state index contributed by atoms with van der Waals surface area (Å²) in [4.78, 5) is 13.0. The Balaban J connectivity index is 2.26. The number of ether oxygens (including phenoxy) is 1. The van der Waals surface area contributed by atoms with Crippen molar-refractivity contribution in [1.82, 2.24) is 0 Å². The summed E-state index contributed by atoms with van der Waals surface area (Å²) in [6.45, 7) is 4.10. The van der Waals surface area contributed by atoms with Crippen molar-refractivity contribution in [2.75, 3.05) is 7.11 Å². The second-order valence-corrected chi connectivity index (χ2v) is 8.37. The molecule has 140 valence electrons. The van der Waals surface area contributed by atoms with Gasteiger partial charge in [-0.25, -0.2) is 4.79 Å². The number of aromatic carboxylic acids is 1. The fraction of sp³-hybridized carbons (Fsp3) is 0.421. The Labute approximate surface area is 153 Å². The van der Waals surface area contributed by atoms with Crippen LogP contribution >= 0.6 is 11.3 Å². The average Bonchev–Trinajstić information content (AvgIpc) is 2.90. The monoisotopic (exact) mass is 384 g/mol. The third-order valence-corrected chi connectivity index (χ3v) is 6.09. The van der Waals surface area contributed by atoms with Crippen molar-refractivity contribution in [1.29, 1.82) is 0 Å². The Bertz CT molecular complexity index is 866. The zero-order valence-electron chi connectivity index (χ0n) is 14.7. The topological polar surface area (TPSA) is 46.5 Å². The molecule has 0 saturated carbocycles. The average molecular weight is 384 g/mol. The highest BCUT2D eigenvalue weighted by Gasteiger charge is 2.38. The van der Waals surface area contributed by atoms with Crippen LogP contribution in [0.2, 0.25) is 0 Å². The molecule has 1 aromatic heterocycles. The maximum absolute atomic E-state index is 13.6. The number of rotatable bonds is 3. The Hall–Kier alpha value is -2.02. The number of benzene rings is 1. The number of aryl methyl sites for hydroxylation is 1. The first kappa shape index (κ1) is 18.8. The summed E-state index contributed by atoms with van der Waals surface area (Å²) in [7, 11) is 1.30. The number of carboxylic acids is 1. The van der Waals surface area contributed by atoms with Gasteiger partial charge >= 0.3 is 12.1 Å². The van der Waals surface area contributed by atoms with E-state index in [1.165, 1.54) is 30.6 Å². The molecule has 3 rings (SSSR count). The van der Waals surface area contributed by atoms with Gasteiger partial charge in [0.25, 0.3) is 0 Å². The number of thiophene rings is 1. The molecule has 0 radical (unpaired) electrons. The van der Waals surface area contributed by atoms with Crippen LogP contribution in [0, 0.1) is 5.41 Å². The van der Waals surface area contributed by atoms with E-state index in [4.69, 9.17) is 4.74 Å². The minimum Gasteiger partial charge on any atom is -0.497 e. The smallest absolute Gasteiger partial charge is 0.417 e. The molecule has 0 amide bonds. The predicted octanol–water partition coefficient (Wildman–Crippen LogP) is 5.66. The number of carbonyl (C=O) groups is 1. The number of halogens is 3. The number of methoxy groups -OCH3 is 1. The van der Waals surface area contributed by atoms with Gasteiger partial charge in [-0.1, -0.05) is 13.8 Å². The quantitative estimate of drug-likeness (QED) is 0.743. The number of hydrogen-bond acceptors (Lipinski definition) is 3. The summed E-state index contributed by atoms with van der Waals surface area (Å²) in [6.07, 6.45) is -2.49. The normalized spacial score (nSPS) is 16.2. The second-order valence-electron chi connectivity index (χ2n) is 7.26. The van der Waals surface area contributed by atoms with Crippen LogP contribution in [-0.2, 0) is 19.0 Å². The van der Waals surface area contributed by atoms with Gasteiger partial charge in [0.1, 0.15) is 5.75 Å². The summed E-state index contributed by atoms with van der Waals surface area (Å²) >= 11 is 1.17. The van der Waals surface area contributed by atoms with E-state index in [0.29, 0.717) is 18.4 Å². The number of carboxylic acid groups (broad SMARTS) is 1. The van der Waals surface area contributed by atoms with Crippen LogP contribution in [0.3, 0.4) is 0 Å². The highest BCUT2D eigenvalue weighted by molar-refractivity contribution is 7.16. The standard InChI is InChI=1S/C19H19F3O3S/c1-18(2)7-6-14-12(9-18)15(17(23)24)16(26-14)11-5-4-10(25-3)8-13(11)19(20,21)22/h4-5,8H,6-7,9H2,1-3H3,(H,23,24). The lowest BCUT2D eigenvalue weighted by Crippen LogP contribution is -2.22. The van der Waals surface area contributed by atoms with Crippen molar-refractivity contribution in [3.8, 4) is 16.2 Å². The molecule has 7 heteroatoms. The Morgan fingerprint density at radius 2 is 2.00 bits per heavy atom. The lowest BCUT2D eigenvalue weighted by Gasteiger charge is -2.29. The van der Waals surface area contributed by atoms with Gasteiger partial charge in [-0.2, -0.15) is 13.2 Å². The van der Waals surface area contributed by atoms with Crippen molar-refractivity contribution in [2.45, 2.75) is 39.3 Å². The molecule has 3 nitrogen and oxygen atoms in total. The maximum atomic E-state index is 13.6. The first-order valence-electron chi connectivity index (χ1n) is 8.17. The van der Waals surface area contributed by atoms with Gasteiger partial charge in [-0.3, -0.25) is 0 Å². The predicted molar refractivity (Wildman–Crippen MR) is 94.1 cm³/mol.